The van der Waals surface area contributed by atoms with Crippen molar-refractivity contribution >= 4 is 5.97 Å². The molecule has 0 spiro atoms. The minimum absolute atomic E-state index is 0.365. The largest absolute Gasteiger partial charge is 0.496 e. The fourth-order valence-electron chi connectivity index (χ4n) is 2.00. The van der Waals surface area contributed by atoms with Crippen LogP contribution < -0.4 is 9.47 Å². The highest BCUT2D eigenvalue weighted by Gasteiger charge is 2.10. The molecular formula is C17H18O3. The predicted octanol–water partition coefficient (Wildman–Crippen LogP) is 3.87. The SMILES string of the molecule is CCCc1ccc(OC(=O)c2ccccc2)cc1OC. The molecule has 0 radical (unpaired) electrons. The molecule has 0 N–H and O–H groups in total. The zero-order valence-corrected chi connectivity index (χ0v) is 11.8. The predicted molar refractivity (Wildman–Crippen MR) is 78.4 cm³/mol. The lowest BCUT2D eigenvalue weighted by atomic mass is 10.1. The van der Waals surface area contributed by atoms with Gasteiger partial charge in [0.15, 0.2) is 0 Å². The summed E-state index contributed by atoms with van der Waals surface area (Å²) in [4.78, 5) is 12.0. The number of aryl methyl sites for hydroxylation is 1. The first-order chi connectivity index (χ1) is 9.74. The standard InChI is InChI=1S/C17H18O3/c1-3-7-13-10-11-15(12-16(13)19-2)20-17(18)14-8-5-4-6-9-14/h4-6,8-12H,3,7H2,1-2H3. The molecule has 0 saturated heterocycles. The number of benzene rings is 2. The van der Waals surface area contributed by atoms with E-state index >= 15 is 0 Å². The van der Waals surface area contributed by atoms with E-state index < -0.39 is 0 Å². The molecule has 0 bridgehead atoms. The third kappa shape index (κ3) is 3.38. The molecule has 0 amide bonds. The lowest BCUT2D eigenvalue weighted by Crippen LogP contribution is -2.08. The Hall–Kier alpha value is -2.29. The summed E-state index contributed by atoms with van der Waals surface area (Å²) in [6.07, 6.45) is 1.98. The van der Waals surface area contributed by atoms with E-state index in [2.05, 4.69) is 6.92 Å². The van der Waals surface area contributed by atoms with Crippen molar-refractivity contribution in [3.8, 4) is 11.5 Å². The van der Waals surface area contributed by atoms with E-state index in [1.165, 1.54) is 0 Å². The zero-order chi connectivity index (χ0) is 14.4. The van der Waals surface area contributed by atoms with Gasteiger partial charge in [0.1, 0.15) is 11.5 Å². The van der Waals surface area contributed by atoms with Crippen LogP contribution in [0.15, 0.2) is 48.5 Å². The smallest absolute Gasteiger partial charge is 0.343 e. The van der Waals surface area contributed by atoms with Crippen molar-refractivity contribution < 1.29 is 14.3 Å². The van der Waals surface area contributed by atoms with E-state index in [1.54, 1.807) is 31.4 Å². The number of ether oxygens (including phenoxy) is 2. The van der Waals surface area contributed by atoms with Gasteiger partial charge in [-0.25, -0.2) is 4.79 Å². The average Bonchev–Trinajstić information content (AvgIpc) is 2.50. The number of methoxy groups -OCH3 is 1. The van der Waals surface area contributed by atoms with Crippen LogP contribution in [0.2, 0.25) is 0 Å². The Morgan fingerprint density at radius 2 is 1.85 bits per heavy atom. The summed E-state index contributed by atoms with van der Waals surface area (Å²) in [6.45, 7) is 2.11. The highest BCUT2D eigenvalue weighted by molar-refractivity contribution is 5.91. The molecule has 0 heterocycles. The van der Waals surface area contributed by atoms with Gasteiger partial charge in [-0.15, -0.1) is 0 Å². The van der Waals surface area contributed by atoms with Crippen LogP contribution in [0.5, 0.6) is 11.5 Å². The second kappa shape index (κ2) is 6.75. The van der Waals surface area contributed by atoms with E-state index in [0.717, 1.165) is 24.2 Å². The van der Waals surface area contributed by atoms with Crippen molar-refractivity contribution in [2.75, 3.05) is 7.11 Å². The molecule has 0 saturated carbocycles. The van der Waals surface area contributed by atoms with E-state index in [4.69, 9.17) is 9.47 Å². The van der Waals surface area contributed by atoms with Gasteiger partial charge in [-0.3, -0.25) is 0 Å². The van der Waals surface area contributed by atoms with Crippen molar-refractivity contribution in [1.82, 2.24) is 0 Å². The molecule has 0 aliphatic carbocycles. The summed E-state index contributed by atoms with van der Waals surface area (Å²) in [5.74, 6) is 0.886. The summed E-state index contributed by atoms with van der Waals surface area (Å²) in [5, 5.41) is 0. The quantitative estimate of drug-likeness (QED) is 0.611. The van der Waals surface area contributed by atoms with Crippen LogP contribution in [0.4, 0.5) is 0 Å². The normalized spacial score (nSPS) is 10.1. The monoisotopic (exact) mass is 270 g/mol. The van der Waals surface area contributed by atoms with Crippen LogP contribution in [-0.4, -0.2) is 13.1 Å². The Kier molecular flexibility index (Phi) is 4.77. The Labute approximate surface area is 119 Å². The van der Waals surface area contributed by atoms with Crippen LogP contribution in [-0.2, 0) is 6.42 Å². The van der Waals surface area contributed by atoms with Crippen molar-refractivity contribution in [1.29, 1.82) is 0 Å². The minimum atomic E-state index is -0.365. The van der Waals surface area contributed by atoms with Gasteiger partial charge >= 0.3 is 5.97 Å². The third-order valence-electron chi connectivity index (χ3n) is 3.00. The Morgan fingerprint density at radius 3 is 2.50 bits per heavy atom. The second-order valence-corrected chi connectivity index (χ2v) is 4.48. The van der Waals surface area contributed by atoms with Gasteiger partial charge < -0.3 is 9.47 Å². The number of hydrogen-bond donors (Lipinski definition) is 0. The lowest BCUT2D eigenvalue weighted by molar-refractivity contribution is 0.0734. The molecule has 0 aliphatic rings. The molecule has 2 aromatic rings. The number of rotatable bonds is 5. The van der Waals surface area contributed by atoms with Crippen LogP contribution in [0.3, 0.4) is 0 Å². The summed E-state index contributed by atoms with van der Waals surface area (Å²) < 4.78 is 10.7. The summed E-state index contributed by atoms with van der Waals surface area (Å²) in [6, 6.07) is 14.4. The summed E-state index contributed by atoms with van der Waals surface area (Å²) in [7, 11) is 1.62. The number of hydrogen-bond acceptors (Lipinski definition) is 3. The van der Waals surface area contributed by atoms with Gasteiger partial charge in [-0.2, -0.15) is 0 Å². The molecule has 2 aromatic carbocycles. The highest BCUT2D eigenvalue weighted by Crippen LogP contribution is 2.26. The molecule has 0 unspecified atom stereocenters. The van der Waals surface area contributed by atoms with Gasteiger partial charge in [0.25, 0.3) is 0 Å². The van der Waals surface area contributed by atoms with E-state index in [9.17, 15) is 4.79 Å². The minimum Gasteiger partial charge on any atom is -0.496 e. The van der Waals surface area contributed by atoms with Gasteiger partial charge in [0.05, 0.1) is 12.7 Å². The molecule has 104 valence electrons. The number of esters is 1. The summed E-state index contributed by atoms with van der Waals surface area (Å²) >= 11 is 0. The molecule has 0 aliphatic heterocycles. The van der Waals surface area contributed by atoms with E-state index in [0.29, 0.717) is 11.3 Å². The highest BCUT2D eigenvalue weighted by atomic mass is 16.5. The molecule has 0 atom stereocenters. The molecule has 0 fully saturated rings. The maximum atomic E-state index is 12.0. The fourth-order valence-corrected chi connectivity index (χ4v) is 2.00. The first kappa shape index (κ1) is 14.1. The zero-order valence-electron chi connectivity index (χ0n) is 11.8. The summed E-state index contributed by atoms with van der Waals surface area (Å²) in [5.41, 5.74) is 1.65. The maximum Gasteiger partial charge on any atom is 0.343 e. The van der Waals surface area contributed by atoms with Gasteiger partial charge in [0, 0.05) is 6.07 Å². The number of carbonyl (C=O) groups is 1. The van der Waals surface area contributed by atoms with E-state index in [1.807, 2.05) is 24.3 Å². The number of carbonyl (C=O) groups excluding carboxylic acids is 1. The Morgan fingerprint density at radius 1 is 1.10 bits per heavy atom. The maximum absolute atomic E-state index is 12.0. The topological polar surface area (TPSA) is 35.5 Å². The van der Waals surface area contributed by atoms with Crippen molar-refractivity contribution in [3.63, 3.8) is 0 Å². The first-order valence-electron chi connectivity index (χ1n) is 6.68. The lowest BCUT2D eigenvalue weighted by Gasteiger charge is -2.10. The van der Waals surface area contributed by atoms with Gasteiger partial charge in [0.2, 0.25) is 0 Å². The Bertz CT molecular complexity index is 576. The molecule has 0 aromatic heterocycles. The Balaban J connectivity index is 2.16. The van der Waals surface area contributed by atoms with Crippen molar-refractivity contribution in [3.05, 3.63) is 59.7 Å². The molecule has 3 heteroatoms. The molecule has 2 rings (SSSR count). The van der Waals surface area contributed by atoms with Crippen LogP contribution in [0, 0.1) is 0 Å². The van der Waals surface area contributed by atoms with Crippen molar-refractivity contribution in [2.24, 2.45) is 0 Å². The second-order valence-electron chi connectivity index (χ2n) is 4.48. The van der Waals surface area contributed by atoms with E-state index in [-0.39, 0.29) is 5.97 Å². The van der Waals surface area contributed by atoms with Crippen molar-refractivity contribution in [2.45, 2.75) is 19.8 Å². The molecule has 20 heavy (non-hydrogen) atoms. The van der Waals surface area contributed by atoms with Crippen LogP contribution in [0.1, 0.15) is 29.3 Å². The first-order valence-corrected chi connectivity index (χ1v) is 6.68. The van der Waals surface area contributed by atoms with Crippen LogP contribution >= 0.6 is 0 Å². The average molecular weight is 270 g/mol. The molecular weight excluding hydrogens is 252 g/mol. The van der Waals surface area contributed by atoms with Gasteiger partial charge in [-0.05, 0) is 30.2 Å². The molecule has 3 nitrogen and oxygen atoms in total. The third-order valence-corrected chi connectivity index (χ3v) is 3.00. The fraction of sp³-hybridized carbons (Fsp3) is 0.235. The van der Waals surface area contributed by atoms with Crippen LogP contribution in [0.25, 0.3) is 0 Å². The van der Waals surface area contributed by atoms with Gasteiger partial charge in [-0.1, -0.05) is 37.6 Å².